The molecule has 0 aliphatic rings. The van der Waals surface area contributed by atoms with E-state index in [4.69, 9.17) is 11.5 Å². The van der Waals surface area contributed by atoms with Gasteiger partial charge in [0.25, 0.3) is 11.5 Å². The van der Waals surface area contributed by atoms with Crippen LogP contribution in [0.2, 0.25) is 0 Å². The van der Waals surface area contributed by atoms with Gasteiger partial charge in [-0.15, -0.1) is 6.58 Å². The van der Waals surface area contributed by atoms with Crippen LogP contribution in [0.5, 0.6) is 0 Å². The van der Waals surface area contributed by atoms with E-state index in [0.29, 0.717) is 17.4 Å². The topological polar surface area (TPSA) is 133 Å². The highest BCUT2D eigenvalue weighted by atomic mass is 32.2. The Morgan fingerprint density at radius 1 is 1.42 bits per heavy atom. The molecule has 0 fully saturated rings. The average Bonchev–Trinajstić information content (AvgIpc) is 2.58. The summed E-state index contributed by atoms with van der Waals surface area (Å²) in [5.41, 5.74) is 11.2. The van der Waals surface area contributed by atoms with Gasteiger partial charge in [-0.25, -0.2) is 0 Å². The number of allylic oxidation sites excluding steroid dienone is 1. The van der Waals surface area contributed by atoms with Crippen LogP contribution in [-0.4, -0.2) is 26.6 Å². The van der Waals surface area contributed by atoms with Gasteiger partial charge in [0.15, 0.2) is 5.16 Å². The van der Waals surface area contributed by atoms with E-state index in [9.17, 15) is 14.4 Å². The lowest BCUT2D eigenvalue weighted by atomic mass is 10.1. The van der Waals surface area contributed by atoms with E-state index in [1.165, 1.54) is 12.1 Å². The number of carbonyl (C=O) groups excluding carboxylic acids is 2. The summed E-state index contributed by atoms with van der Waals surface area (Å²) in [7, 11) is 0. The van der Waals surface area contributed by atoms with Gasteiger partial charge in [0, 0.05) is 12.6 Å². The second kappa shape index (κ2) is 8.34. The number of nitrogen functional groups attached to an aromatic ring is 1. The lowest BCUT2D eigenvalue weighted by Crippen LogP contribution is -2.26. The summed E-state index contributed by atoms with van der Waals surface area (Å²) in [6, 6.07) is 7.65. The number of rotatable bonds is 7. The van der Waals surface area contributed by atoms with Crippen molar-refractivity contribution < 1.29 is 9.59 Å². The van der Waals surface area contributed by atoms with Crippen LogP contribution in [0.1, 0.15) is 17.3 Å². The van der Waals surface area contributed by atoms with E-state index in [1.807, 2.05) is 0 Å². The van der Waals surface area contributed by atoms with Crippen molar-refractivity contribution in [3.05, 3.63) is 58.9 Å². The Kier molecular flexibility index (Phi) is 6.18. The normalized spacial score (nSPS) is 11.6. The third-order valence-electron chi connectivity index (χ3n) is 3.43. The zero-order chi connectivity index (χ0) is 19.3. The standard InChI is InChI=1S/C17H19N5O3S/c1-3-8-22-13(18)9-14(23)21-17(22)26-10(2)16(25)20-12-7-5-4-6-11(12)15(19)24/h3-7,9-10H,1,8,18H2,2H3,(H2,19,24)(H,20,25). The van der Waals surface area contributed by atoms with Crippen LogP contribution >= 0.6 is 11.8 Å². The summed E-state index contributed by atoms with van der Waals surface area (Å²) in [5.74, 6) is -0.775. The molecule has 1 atom stereocenters. The van der Waals surface area contributed by atoms with E-state index < -0.39 is 16.7 Å². The van der Waals surface area contributed by atoms with Crippen LogP contribution in [0, 0.1) is 0 Å². The van der Waals surface area contributed by atoms with E-state index >= 15 is 0 Å². The molecule has 9 heteroatoms. The van der Waals surface area contributed by atoms with Crippen molar-refractivity contribution in [2.24, 2.45) is 5.73 Å². The average molecular weight is 373 g/mol. The van der Waals surface area contributed by atoms with Crippen molar-refractivity contribution in [1.29, 1.82) is 0 Å². The lowest BCUT2D eigenvalue weighted by molar-refractivity contribution is -0.115. The van der Waals surface area contributed by atoms with Crippen molar-refractivity contribution in [3.8, 4) is 0 Å². The molecule has 2 amide bonds. The molecule has 2 aromatic rings. The molecule has 0 aliphatic heterocycles. The Morgan fingerprint density at radius 3 is 2.77 bits per heavy atom. The van der Waals surface area contributed by atoms with Gasteiger partial charge in [-0.1, -0.05) is 30.0 Å². The number of primary amides is 1. The first-order valence-electron chi connectivity index (χ1n) is 7.68. The number of anilines is 2. The first-order valence-corrected chi connectivity index (χ1v) is 8.56. The molecule has 0 saturated carbocycles. The second-order valence-corrected chi connectivity index (χ2v) is 6.67. The molecule has 5 N–H and O–H groups in total. The van der Waals surface area contributed by atoms with Gasteiger partial charge in [-0.05, 0) is 19.1 Å². The molecule has 8 nitrogen and oxygen atoms in total. The highest BCUT2D eigenvalue weighted by molar-refractivity contribution is 8.00. The van der Waals surface area contributed by atoms with Crippen LogP contribution in [0.25, 0.3) is 0 Å². The summed E-state index contributed by atoms with van der Waals surface area (Å²) < 4.78 is 1.58. The number of thioether (sulfide) groups is 1. The first-order chi connectivity index (χ1) is 12.3. The van der Waals surface area contributed by atoms with E-state index in [1.54, 1.807) is 35.8 Å². The largest absolute Gasteiger partial charge is 0.385 e. The Balaban J connectivity index is 2.22. The summed E-state index contributed by atoms with van der Waals surface area (Å²) >= 11 is 1.08. The van der Waals surface area contributed by atoms with Crippen molar-refractivity contribution in [3.63, 3.8) is 0 Å². The predicted octanol–water partition coefficient (Wildman–Crippen LogP) is 1.23. The molecule has 0 saturated heterocycles. The van der Waals surface area contributed by atoms with Crippen molar-refractivity contribution in [2.75, 3.05) is 11.1 Å². The monoisotopic (exact) mass is 373 g/mol. The number of aromatic nitrogens is 2. The fourth-order valence-electron chi connectivity index (χ4n) is 2.16. The van der Waals surface area contributed by atoms with Gasteiger partial charge < -0.3 is 21.4 Å². The molecular formula is C17H19N5O3S. The molecule has 0 aliphatic carbocycles. The van der Waals surface area contributed by atoms with Crippen LogP contribution < -0.4 is 22.3 Å². The maximum atomic E-state index is 12.5. The summed E-state index contributed by atoms with van der Waals surface area (Å²) in [4.78, 5) is 39.5. The minimum atomic E-state index is -0.640. The number of hydrogen-bond acceptors (Lipinski definition) is 6. The quantitative estimate of drug-likeness (QED) is 0.380. The number of nitrogens with two attached hydrogens (primary N) is 2. The molecule has 0 radical (unpaired) electrons. The molecule has 1 unspecified atom stereocenters. The summed E-state index contributed by atoms with van der Waals surface area (Å²) in [6.45, 7) is 5.64. The van der Waals surface area contributed by atoms with E-state index in [0.717, 1.165) is 11.8 Å². The Morgan fingerprint density at radius 2 is 2.12 bits per heavy atom. The van der Waals surface area contributed by atoms with Gasteiger partial charge in [0.1, 0.15) is 5.82 Å². The highest BCUT2D eigenvalue weighted by Gasteiger charge is 2.20. The van der Waals surface area contributed by atoms with Crippen molar-refractivity contribution >= 4 is 35.1 Å². The van der Waals surface area contributed by atoms with Crippen LogP contribution in [-0.2, 0) is 11.3 Å². The Hall–Kier alpha value is -3.07. The van der Waals surface area contributed by atoms with Gasteiger partial charge in [-0.2, -0.15) is 4.98 Å². The smallest absolute Gasteiger partial charge is 0.275 e. The predicted molar refractivity (Wildman–Crippen MR) is 102 cm³/mol. The number of benzene rings is 1. The number of nitrogens with one attached hydrogen (secondary N) is 1. The molecule has 1 aromatic heterocycles. The van der Waals surface area contributed by atoms with Crippen LogP contribution in [0.3, 0.4) is 0 Å². The second-order valence-electron chi connectivity index (χ2n) is 5.36. The molecule has 136 valence electrons. The summed E-state index contributed by atoms with van der Waals surface area (Å²) in [6.07, 6.45) is 1.61. The molecule has 0 spiro atoms. The number of para-hydroxylation sites is 1. The van der Waals surface area contributed by atoms with E-state index in [2.05, 4.69) is 16.9 Å². The van der Waals surface area contributed by atoms with Gasteiger partial charge >= 0.3 is 0 Å². The molecule has 2 rings (SSSR count). The van der Waals surface area contributed by atoms with Crippen molar-refractivity contribution in [1.82, 2.24) is 9.55 Å². The first kappa shape index (κ1) is 19.3. The Bertz CT molecular complexity index is 910. The minimum absolute atomic E-state index is 0.212. The number of nitrogens with zero attached hydrogens (tertiary/aromatic N) is 2. The summed E-state index contributed by atoms with van der Waals surface area (Å²) in [5, 5.41) is 2.36. The number of amides is 2. The van der Waals surface area contributed by atoms with E-state index in [-0.39, 0.29) is 17.3 Å². The molecular weight excluding hydrogens is 354 g/mol. The van der Waals surface area contributed by atoms with Gasteiger partial charge in [0.2, 0.25) is 5.91 Å². The SMILES string of the molecule is C=CCn1c(N)cc(=O)nc1SC(C)C(=O)Nc1ccccc1C(N)=O. The fourth-order valence-corrected chi connectivity index (χ4v) is 3.09. The van der Waals surface area contributed by atoms with Gasteiger partial charge in [-0.3, -0.25) is 14.4 Å². The molecule has 26 heavy (non-hydrogen) atoms. The lowest BCUT2D eigenvalue weighted by Gasteiger charge is -2.16. The Labute approximate surface area is 154 Å². The maximum Gasteiger partial charge on any atom is 0.275 e. The molecule has 1 heterocycles. The molecule has 0 bridgehead atoms. The van der Waals surface area contributed by atoms with Crippen LogP contribution in [0.15, 0.2) is 52.9 Å². The third kappa shape index (κ3) is 4.51. The minimum Gasteiger partial charge on any atom is -0.385 e. The molecule has 1 aromatic carbocycles. The highest BCUT2D eigenvalue weighted by Crippen LogP contribution is 2.24. The third-order valence-corrected chi connectivity index (χ3v) is 4.52. The number of carbonyl (C=O) groups is 2. The van der Waals surface area contributed by atoms with Gasteiger partial charge in [0.05, 0.1) is 16.5 Å². The zero-order valence-electron chi connectivity index (χ0n) is 14.1. The fraction of sp³-hybridized carbons (Fsp3) is 0.176. The maximum absolute atomic E-state index is 12.5. The van der Waals surface area contributed by atoms with Crippen LogP contribution in [0.4, 0.5) is 11.5 Å². The number of hydrogen-bond donors (Lipinski definition) is 3. The zero-order valence-corrected chi connectivity index (χ0v) is 15.0. The van der Waals surface area contributed by atoms with Crippen molar-refractivity contribution in [2.45, 2.75) is 23.9 Å².